The number of hydrogen-bond acceptors (Lipinski definition) is 2. The van der Waals surface area contributed by atoms with Gasteiger partial charge in [0.2, 0.25) is 0 Å². The Morgan fingerprint density at radius 2 is 2.13 bits per heavy atom. The zero-order valence-electron chi connectivity index (χ0n) is 9.75. The van der Waals surface area contributed by atoms with Crippen LogP contribution in [0.5, 0.6) is 0 Å². The number of rotatable bonds is 7. The van der Waals surface area contributed by atoms with Crippen LogP contribution >= 0.6 is 0 Å². The van der Waals surface area contributed by atoms with Crippen molar-refractivity contribution in [3.8, 4) is 0 Å². The summed E-state index contributed by atoms with van der Waals surface area (Å²) in [6, 6.07) is 8.40. The van der Waals surface area contributed by atoms with E-state index in [-0.39, 0.29) is 0 Å². The highest BCUT2D eigenvalue weighted by Crippen LogP contribution is 2.11. The summed E-state index contributed by atoms with van der Waals surface area (Å²) in [6.07, 6.45) is 3.81. The molecule has 15 heavy (non-hydrogen) atoms. The lowest BCUT2D eigenvalue weighted by Gasteiger charge is -2.07. The van der Waals surface area contributed by atoms with Crippen LogP contribution in [0.3, 0.4) is 0 Å². The maximum absolute atomic E-state index is 5.10. The number of anilines is 1. The topological polar surface area (TPSA) is 21.3 Å². The largest absolute Gasteiger partial charge is 0.385 e. The van der Waals surface area contributed by atoms with Crippen molar-refractivity contribution in [1.82, 2.24) is 0 Å². The molecule has 1 N–H and O–H groups in total. The number of benzene rings is 1. The minimum atomic E-state index is 0.685. The van der Waals surface area contributed by atoms with Gasteiger partial charge in [-0.05, 0) is 24.1 Å². The average molecular weight is 207 g/mol. The molecule has 84 valence electrons. The van der Waals surface area contributed by atoms with Crippen LogP contribution in [0.25, 0.3) is 0 Å². The molecule has 0 spiro atoms. The smallest absolute Gasteiger partial charge is 0.0713 e. The zero-order chi connectivity index (χ0) is 10.9. The molecule has 1 rings (SSSR count). The fourth-order valence-electron chi connectivity index (χ4n) is 1.55. The van der Waals surface area contributed by atoms with E-state index in [0.29, 0.717) is 6.61 Å². The first-order chi connectivity index (χ1) is 7.36. The molecule has 2 nitrogen and oxygen atoms in total. The Hall–Kier alpha value is -1.02. The summed E-state index contributed by atoms with van der Waals surface area (Å²) >= 11 is 0. The molecule has 0 heterocycles. The Bertz CT molecular complexity index is 273. The number of ether oxygens (including phenoxy) is 1. The molecule has 0 atom stereocenters. The summed E-state index contributed by atoms with van der Waals surface area (Å²) in [4.78, 5) is 0. The number of nitrogens with one attached hydrogen (secondary N) is 1. The van der Waals surface area contributed by atoms with Crippen LogP contribution < -0.4 is 5.32 Å². The van der Waals surface area contributed by atoms with Gasteiger partial charge in [0.1, 0.15) is 0 Å². The standard InChI is InChI=1S/C13H21NO/c1-3-4-5-9-14-13-8-6-7-12(10-13)11-15-2/h6-8,10,14H,3-5,9,11H2,1-2H3. The van der Waals surface area contributed by atoms with Crippen molar-refractivity contribution in [3.05, 3.63) is 29.8 Å². The minimum absolute atomic E-state index is 0.685. The molecule has 0 aliphatic rings. The monoisotopic (exact) mass is 207 g/mol. The van der Waals surface area contributed by atoms with Crippen LogP contribution in [0, 0.1) is 0 Å². The minimum Gasteiger partial charge on any atom is -0.385 e. The van der Waals surface area contributed by atoms with E-state index in [1.165, 1.54) is 30.5 Å². The Balaban J connectivity index is 2.36. The van der Waals surface area contributed by atoms with Crippen molar-refractivity contribution < 1.29 is 4.74 Å². The van der Waals surface area contributed by atoms with Gasteiger partial charge in [0.25, 0.3) is 0 Å². The first kappa shape index (κ1) is 12.1. The molecule has 0 radical (unpaired) electrons. The molecule has 0 fully saturated rings. The molecule has 0 bridgehead atoms. The highest BCUT2D eigenvalue weighted by molar-refractivity contribution is 5.45. The van der Waals surface area contributed by atoms with Gasteiger partial charge in [-0.1, -0.05) is 31.9 Å². The van der Waals surface area contributed by atoms with E-state index in [9.17, 15) is 0 Å². The molecular weight excluding hydrogens is 186 g/mol. The van der Waals surface area contributed by atoms with Gasteiger partial charge >= 0.3 is 0 Å². The summed E-state index contributed by atoms with van der Waals surface area (Å²) in [5.41, 5.74) is 2.42. The SMILES string of the molecule is CCCCCNc1cccc(COC)c1. The zero-order valence-corrected chi connectivity index (χ0v) is 9.75. The lowest BCUT2D eigenvalue weighted by atomic mass is 10.2. The Morgan fingerprint density at radius 3 is 2.87 bits per heavy atom. The maximum Gasteiger partial charge on any atom is 0.0713 e. The first-order valence-electron chi connectivity index (χ1n) is 5.68. The van der Waals surface area contributed by atoms with Crippen molar-refractivity contribution >= 4 is 5.69 Å². The van der Waals surface area contributed by atoms with Gasteiger partial charge in [-0.25, -0.2) is 0 Å². The third kappa shape index (κ3) is 4.84. The molecular formula is C13H21NO. The maximum atomic E-state index is 5.10. The lowest BCUT2D eigenvalue weighted by molar-refractivity contribution is 0.185. The predicted octanol–water partition coefficient (Wildman–Crippen LogP) is 3.44. The van der Waals surface area contributed by atoms with Crippen LogP contribution in [0.4, 0.5) is 5.69 Å². The summed E-state index contributed by atoms with van der Waals surface area (Å²) in [7, 11) is 1.72. The second kappa shape index (κ2) is 7.30. The van der Waals surface area contributed by atoms with Crippen molar-refractivity contribution in [2.24, 2.45) is 0 Å². The van der Waals surface area contributed by atoms with E-state index in [2.05, 4.69) is 36.5 Å². The third-order valence-electron chi connectivity index (χ3n) is 2.35. The summed E-state index contributed by atoms with van der Waals surface area (Å²) < 4.78 is 5.10. The van der Waals surface area contributed by atoms with Gasteiger partial charge < -0.3 is 10.1 Å². The number of methoxy groups -OCH3 is 1. The van der Waals surface area contributed by atoms with Gasteiger partial charge in [0.15, 0.2) is 0 Å². The van der Waals surface area contributed by atoms with Crippen LogP contribution in [0.1, 0.15) is 31.7 Å². The molecule has 0 aromatic heterocycles. The molecule has 0 amide bonds. The normalized spacial score (nSPS) is 10.3. The van der Waals surface area contributed by atoms with Gasteiger partial charge in [0, 0.05) is 19.3 Å². The number of unbranched alkanes of at least 4 members (excludes halogenated alkanes) is 2. The molecule has 0 aliphatic carbocycles. The summed E-state index contributed by atoms with van der Waals surface area (Å²) in [5.74, 6) is 0. The van der Waals surface area contributed by atoms with E-state index in [4.69, 9.17) is 4.74 Å². The van der Waals surface area contributed by atoms with Crippen molar-refractivity contribution in [1.29, 1.82) is 0 Å². The van der Waals surface area contributed by atoms with Crippen LogP contribution in [0.2, 0.25) is 0 Å². The fourth-order valence-corrected chi connectivity index (χ4v) is 1.55. The average Bonchev–Trinajstić information content (AvgIpc) is 2.26. The molecule has 0 saturated carbocycles. The van der Waals surface area contributed by atoms with Crippen LogP contribution in [-0.2, 0) is 11.3 Å². The molecule has 0 saturated heterocycles. The van der Waals surface area contributed by atoms with E-state index in [1.807, 2.05) is 0 Å². The Morgan fingerprint density at radius 1 is 1.27 bits per heavy atom. The molecule has 2 heteroatoms. The van der Waals surface area contributed by atoms with E-state index >= 15 is 0 Å². The molecule has 0 aliphatic heterocycles. The van der Waals surface area contributed by atoms with E-state index < -0.39 is 0 Å². The van der Waals surface area contributed by atoms with E-state index in [1.54, 1.807) is 7.11 Å². The Labute approximate surface area is 92.6 Å². The van der Waals surface area contributed by atoms with Crippen LogP contribution in [0.15, 0.2) is 24.3 Å². The molecule has 1 aromatic rings. The summed E-state index contributed by atoms with van der Waals surface area (Å²) in [5, 5.41) is 3.42. The molecule has 0 unspecified atom stereocenters. The van der Waals surface area contributed by atoms with Gasteiger partial charge in [-0.2, -0.15) is 0 Å². The Kier molecular flexibility index (Phi) is 5.86. The predicted molar refractivity (Wildman–Crippen MR) is 65.2 cm³/mol. The quantitative estimate of drug-likeness (QED) is 0.692. The fraction of sp³-hybridized carbons (Fsp3) is 0.538. The number of hydrogen-bond donors (Lipinski definition) is 1. The van der Waals surface area contributed by atoms with Gasteiger partial charge in [-0.15, -0.1) is 0 Å². The lowest BCUT2D eigenvalue weighted by Crippen LogP contribution is -2.01. The van der Waals surface area contributed by atoms with Crippen molar-refractivity contribution in [2.45, 2.75) is 32.8 Å². The summed E-state index contributed by atoms with van der Waals surface area (Å²) in [6.45, 7) is 3.97. The second-order valence-corrected chi connectivity index (χ2v) is 3.77. The van der Waals surface area contributed by atoms with Crippen molar-refractivity contribution in [2.75, 3.05) is 19.0 Å². The van der Waals surface area contributed by atoms with Gasteiger partial charge in [0.05, 0.1) is 6.61 Å². The second-order valence-electron chi connectivity index (χ2n) is 3.77. The highest BCUT2D eigenvalue weighted by Gasteiger charge is 1.94. The molecule has 1 aromatic carbocycles. The van der Waals surface area contributed by atoms with Crippen LogP contribution in [-0.4, -0.2) is 13.7 Å². The van der Waals surface area contributed by atoms with Crippen molar-refractivity contribution in [3.63, 3.8) is 0 Å². The van der Waals surface area contributed by atoms with E-state index in [0.717, 1.165) is 6.54 Å². The van der Waals surface area contributed by atoms with Gasteiger partial charge in [-0.3, -0.25) is 0 Å². The first-order valence-corrected chi connectivity index (χ1v) is 5.68. The third-order valence-corrected chi connectivity index (χ3v) is 2.35. The highest BCUT2D eigenvalue weighted by atomic mass is 16.5.